The molecule has 15 heavy (non-hydrogen) atoms. The van der Waals surface area contributed by atoms with Crippen molar-refractivity contribution in [1.29, 1.82) is 0 Å². The molecule has 1 saturated heterocycles. The summed E-state index contributed by atoms with van der Waals surface area (Å²) >= 11 is 0. The Balaban J connectivity index is 0.000000921. The van der Waals surface area contributed by atoms with Gasteiger partial charge in [0, 0.05) is 6.54 Å². The quantitative estimate of drug-likeness (QED) is 0.725. The Hall–Kier alpha value is -0.600. The van der Waals surface area contributed by atoms with Crippen LogP contribution in [0.15, 0.2) is 23.8 Å². The van der Waals surface area contributed by atoms with Crippen molar-refractivity contribution >= 4 is 0 Å². The molecule has 0 aliphatic carbocycles. The molecule has 1 aliphatic rings. The van der Waals surface area contributed by atoms with Crippen molar-refractivity contribution in [2.45, 2.75) is 33.1 Å². The topological polar surface area (TPSA) is 29.3 Å². The summed E-state index contributed by atoms with van der Waals surface area (Å²) in [6, 6.07) is 0. The molecule has 2 heteroatoms. The van der Waals surface area contributed by atoms with Crippen LogP contribution in [0.5, 0.6) is 0 Å². The van der Waals surface area contributed by atoms with Crippen molar-refractivity contribution in [2.24, 2.45) is 5.73 Å². The average Bonchev–Trinajstić information content (AvgIpc) is 2.32. The molecule has 0 aromatic rings. The van der Waals surface area contributed by atoms with Gasteiger partial charge in [-0.05, 0) is 52.4 Å². The molecule has 1 aliphatic heterocycles. The molecule has 2 N–H and O–H groups in total. The fourth-order valence-electron chi connectivity index (χ4n) is 1.83. The zero-order valence-electron chi connectivity index (χ0n) is 10.5. The predicted octanol–water partition coefficient (Wildman–Crippen LogP) is 2.57. The number of likely N-dealkylation sites (tertiary alicyclic amines) is 1. The second-order valence-electron chi connectivity index (χ2n) is 3.70. The molecule has 1 rings (SSSR count). The van der Waals surface area contributed by atoms with Gasteiger partial charge in [-0.1, -0.05) is 24.6 Å². The first-order chi connectivity index (χ1) is 7.36. The Kier molecular flexibility index (Phi) is 9.54. The minimum Gasteiger partial charge on any atom is -0.333 e. The molecule has 0 amide bonds. The maximum Gasteiger partial charge on any atom is 0.0230 e. The van der Waals surface area contributed by atoms with Gasteiger partial charge in [-0.2, -0.15) is 0 Å². The number of nitrogens with two attached hydrogens (primary N) is 1. The summed E-state index contributed by atoms with van der Waals surface area (Å²) in [4.78, 5) is 2.55. The van der Waals surface area contributed by atoms with Crippen LogP contribution in [0.2, 0.25) is 0 Å². The Bertz CT molecular complexity index is 189. The van der Waals surface area contributed by atoms with Gasteiger partial charge in [-0.3, -0.25) is 4.90 Å². The van der Waals surface area contributed by atoms with Gasteiger partial charge < -0.3 is 5.73 Å². The molecule has 0 unspecified atom stereocenters. The Morgan fingerprint density at radius 1 is 1.13 bits per heavy atom. The molecular formula is C13H26N2. The van der Waals surface area contributed by atoms with Crippen LogP contribution >= 0.6 is 0 Å². The molecule has 0 saturated carbocycles. The molecule has 0 bridgehead atoms. The fourth-order valence-corrected chi connectivity index (χ4v) is 1.83. The predicted molar refractivity (Wildman–Crippen MR) is 69.0 cm³/mol. The number of nitrogens with zero attached hydrogens (tertiary/aromatic N) is 1. The second-order valence-corrected chi connectivity index (χ2v) is 3.70. The fraction of sp³-hybridized carbons (Fsp3) is 0.692. The Labute approximate surface area is 94.8 Å². The van der Waals surface area contributed by atoms with E-state index in [4.69, 9.17) is 0 Å². The van der Waals surface area contributed by atoms with Crippen LogP contribution in [-0.4, -0.2) is 31.6 Å². The van der Waals surface area contributed by atoms with Gasteiger partial charge in [-0.25, -0.2) is 0 Å². The highest BCUT2D eigenvalue weighted by Gasteiger charge is 2.09. The SMILES string of the molecule is C/C=C\C(=C/C)CN1CCCCC1.CN. The molecule has 1 heterocycles. The number of piperidine rings is 1. The monoisotopic (exact) mass is 210 g/mol. The molecule has 0 aromatic carbocycles. The van der Waals surface area contributed by atoms with Gasteiger partial charge >= 0.3 is 0 Å². The summed E-state index contributed by atoms with van der Waals surface area (Å²) < 4.78 is 0. The summed E-state index contributed by atoms with van der Waals surface area (Å²) in [6.07, 6.45) is 10.7. The summed E-state index contributed by atoms with van der Waals surface area (Å²) in [6.45, 7) is 7.92. The smallest absolute Gasteiger partial charge is 0.0230 e. The van der Waals surface area contributed by atoms with E-state index in [9.17, 15) is 0 Å². The van der Waals surface area contributed by atoms with Gasteiger partial charge in [0.1, 0.15) is 0 Å². The molecular weight excluding hydrogens is 184 g/mol. The molecule has 1 fully saturated rings. The molecule has 0 spiro atoms. The van der Waals surface area contributed by atoms with E-state index in [2.05, 4.69) is 42.7 Å². The van der Waals surface area contributed by atoms with Crippen molar-refractivity contribution in [3.8, 4) is 0 Å². The normalized spacial score (nSPS) is 18.8. The summed E-state index contributed by atoms with van der Waals surface area (Å²) in [5.74, 6) is 0. The lowest BCUT2D eigenvalue weighted by Crippen LogP contribution is -2.31. The maximum atomic E-state index is 4.50. The molecule has 88 valence electrons. The van der Waals surface area contributed by atoms with E-state index in [0.717, 1.165) is 6.54 Å². The zero-order chi connectivity index (χ0) is 11.5. The number of allylic oxidation sites excluding steroid dienone is 2. The third-order valence-corrected chi connectivity index (χ3v) is 2.61. The minimum absolute atomic E-state index is 1.14. The van der Waals surface area contributed by atoms with E-state index in [-0.39, 0.29) is 0 Å². The Morgan fingerprint density at radius 3 is 2.20 bits per heavy atom. The van der Waals surface area contributed by atoms with E-state index in [0.29, 0.717) is 0 Å². The average molecular weight is 210 g/mol. The highest BCUT2D eigenvalue weighted by atomic mass is 15.1. The van der Waals surface area contributed by atoms with Crippen LogP contribution in [0.3, 0.4) is 0 Å². The first-order valence-electron chi connectivity index (χ1n) is 5.94. The molecule has 2 nitrogen and oxygen atoms in total. The molecule has 0 radical (unpaired) electrons. The van der Waals surface area contributed by atoms with Crippen LogP contribution in [0.1, 0.15) is 33.1 Å². The first-order valence-corrected chi connectivity index (χ1v) is 5.94. The van der Waals surface area contributed by atoms with E-state index >= 15 is 0 Å². The van der Waals surface area contributed by atoms with Crippen LogP contribution in [0.25, 0.3) is 0 Å². The van der Waals surface area contributed by atoms with Gasteiger partial charge in [0.05, 0.1) is 0 Å². The van der Waals surface area contributed by atoms with E-state index in [1.165, 1.54) is 45.0 Å². The number of hydrogen-bond acceptors (Lipinski definition) is 2. The lowest BCUT2D eigenvalue weighted by Gasteiger charge is -2.26. The van der Waals surface area contributed by atoms with Crippen LogP contribution < -0.4 is 5.73 Å². The molecule has 0 atom stereocenters. The lowest BCUT2D eigenvalue weighted by atomic mass is 10.1. The van der Waals surface area contributed by atoms with Crippen molar-refractivity contribution < 1.29 is 0 Å². The number of hydrogen-bond donors (Lipinski definition) is 1. The first kappa shape index (κ1) is 14.4. The zero-order valence-corrected chi connectivity index (χ0v) is 10.5. The van der Waals surface area contributed by atoms with Gasteiger partial charge in [0.15, 0.2) is 0 Å². The summed E-state index contributed by atoms with van der Waals surface area (Å²) in [5.41, 5.74) is 5.95. The van der Waals surface area contributed by atoms with Gasteiger partial charge in [0.25, 0.3) is 0 Å². The third kappa shape index (κ3) is 6.47. The van der Waals surface area contributed by atoms with Crippen molar-refractivity contribution in [3.63, 3.8) is 0 Å². The van der Waals surface area contributed by atoms with Crippen molar-refractivity contribution in [2.75, 3.05) is 26.7 Å². The Morgan fingerprint density at radius 2 is 1.73 bits per heavy atom. The lowest BCUT2D eigenvalue weighted by molar-refractivity contribution is 0.248. The maximum absolute atomic E-state index is 4.50. The van der Waals surface area contributed by atoms with Crippen LogP contribution in [0, 0.1) is 0 Å². The van der Waals surface area contributed by atoms with Gasteiger partial charge in [-0.15, -0.1) is 0 Å². The highest BCUT2D eigenvalue weighted by Crippen LogP contribution is 2.11. The highest BCUT2D eigenvalue weighted by molar-refractivity contribution is 5.19. The summed E-state index contributed by atoms with van der Waals surface area (Å²) in [5, 5.41) is 0. The molecule has 0 aromatic heterocycles. The van der Waals surface area contributed by atoms with Crippen molar-refractivity contribution in [1.82, 2.24) is 4.90 Å². The van der Waals surface area contributed by atoms with E-state index < -0.39 is 0 Å². The van der Waals surface area contributed by atoms with E-state index in [1.807, 2.05) is 0 Å². The van der Waals surface area contributed by atoms with E-state index in [1.54, 1.807) is 0 Å². The summed E-state index contributed by atoms with van der Waals surface area (Å²) in [7, 11) is 1.50. The third-order valence-electron chi connectivity index (χ3n) is 2.61. The standard InChI is InChI=1S/C12H21N.CH5N/c1-3-8-12(4-2)11-13-9-6-5-7-10-13;1-2/h3-4,8H,5-7,9-11H2,1-2H3;2H2,1H3/b8-3-,12-4+;. The minimum atomic E-state index is 1.14. The van der Waals surface area contributed by atoms with Gasteiger partial charge in [0.2, 0.25) is 0 Å². The number of rotatable bonds is 3. The second kappa shape index (κ2) is 9.94. The van der Waals surface area contributed by atoms with Crippen LogP contribution in [-0.2, 0) is 0 Å². The van der Waals surface area contributed by atoms with Crippen molar-refractivity contribution in [3.05, 3.63) is 23.8 Å². The van der Waals surface area contributed by atoms with Crippen LogP contribution in [0.4, 0.5) is 0 Å². The largest absolute Gasteiger partial charge is 0.333 e.